The van der Waals surface area contributed by atoms with Crippen LogP contribution in [-0.4, -0.2) is 18.4 Å². The number of benzene rings is 1. The summed E-state index contributed by atoms with van der Waals surface area (Å²) < 4.78 is 0. The fourth-order valence-corrected chi connectivity index (χ4v) is 2.66. The van der Waals surface area contributed by atoms with Crippen LogP contribution >= 0.6 is 11.3 Å². The molecule has 0 saturated carbocycles. The van der Waals surface area contributed by atoms with Gasteiger partial charge in [-0.1, -0.05) is 25.0 Å². The lowest BCUT2D eigenvalue weighted by atomic mass is 10.1. The molecule has 2 aromatic rings. The van der Waals surface area contributed by atoms with Crippen molar-refractivity contribution in [2.24, 2.45) is 0 Å². The van der Waals surface area contributed by atoms with E-state index in [1.165, 1.54) is 4.88 Å². The van der Waals surface area contributed by atoms with Crippen LogP contribution in [0.5, 0.6) is 0 Å². The van der Waals surface area contributed by atoms with Crippen molar-refractivity contribution in [3.8, 4) is 12.3 Å². The summed E-state index contributed by atoms with van der Waals surface area (Å²) in [5.74, 6) is 1.28. The Morgan fingerprint density at radius 2 is 2.09 bits per heavy atom. The van der Waals surface area contributed by atoms with Crippen LogP contribution in [0.2, 0.25) is 0 Å². The molecule has 112 valence electrons. The lowest BCUT2D eigenvalue weighted by Crippen LogP contribution is -2.37. The zero-order chi connectivity index (χ0) is 15.9. The maximum Gasteiger partial charge on any atom is 0.313 e. The number of amides is 2. The number of hydrogen-bond acceptors (Lipinski definition) is 3. The molecule has 0 spiro atoms. The molecule has 5 heteroatoms. The molecule has 1 heterocycles. The Hall–Kier alpha value is -2.58. The second kappa shape index (κ2) is 7.43. The fourth-order valence-electron chi connectivity index (χ4n) is 1.87. The van der Waals surface area contributed by atoms with Gasteiger partial charge in [0, 0.05) is 28.6 Å². The van der Waals surface area contributed by atoms with Crippen molar-refractivity contribution in [2.45, 2.75) is 12.8 Å². The highest BCUT2D eigenvalue weighted by molar-refractivity contribution is 7.10. The summed E-state index contributed by atoms with van der Waals surface area (Å²) >= 11 is 1.63. The molecule has 2 amide bonds. The van der Waals surface area contributed by atoms with Gasteiger partial charge in [0.05, 0.1) is 0 Å². The average Bonchev–Trinajstić information content (AvgIpc) is 3.06. The number of rotatable bonds is 4. The Morgan fingerprint density at radius 1 is 1.27 bits per heavy atom. The van der Waals surface area contributed by atoms with Gasteiger partial charge in [-0.05, 0) is 29.6 Å². The summed E-state index contributed by atoms with van der Waals surface area (Å²) in [4.78, 5) is 24.8. The molecule has 0 radical (unpaired) electrons. The first-order valence-corrected chi connectivity index (χ1v) is 7.67. The molecule has 2 N–H and O–H groups in total. The van der Waals surface area contributed by atoms with E-state index in [1.54, 1.807) is 35.6 Å². The number of nitrogens with one attached hydrogen (secondary N) is 2. The number of hydrogen-bond donors (Lipinski definition) is 2. The smallest absolute Gasteiger partial charge is 0.313 e. The van der Waals surface area contributed by atoms with Gasteiger partial charge in [-0.15, -0.1) is 17.8 Å². The second-order valence-corrected chi connectivity index (χ2v) is 5.79. The molecule has 2 rings (SSSR count). The summed E-state index contributed by atoms with van der Waals surface area (Å²) in [6, 6.07) is 10.8. The molecule has 1 atom stereocenters. The third-order valence-corrected chi connectivity index (χ3v) is 4.19. The Balaban J connectivity index is 1.87. The van der Waals surface area contributed by atoms with Crippen molar-refractivity contribution in [1.29, 1.82) is 0 Å². The molecular weight excluding hydrogens is 296 g/mol. The summed E-state index contributed by atoms with van der Waals surface area (Å²) in [6.45, 7) is 2.41. The second-order valence-electron chi connectivity index (χ2n) is 4.81. The highest BCUT2D eigenvalue weighted by Gasteiger charge is 2.15. The fraction of sp³-hybridized carbons (Fsp3) is 0.176. The first-order chi connectivity index (χ1) is 10.6. The van der Waals surface area contributed by atoms with Gasteiger partial charge in [0.2, 0.25) is 0 Å². The maximum atomic E-state index is 11.8. The molecule has 22 heavy (non-hydrogen) atoms. The Bertz CT molecular complexity index is 702. The van der Waals surface area contributed by atoms with Crippen LogP contribution in [0.15, 0.2) is 41.8 Å². The summed E-state index contributed by atoms with van der Waals surface area (Å²) in [6.07, 6.45) is 5.30. The molecule has 1 aromatic carbocycles. The van der Waals surface area contributed by atoms with Crippen LogP contribution in [0.1, 0.15) is 23.3 Å². The molecule has 0 fully saturated rings. The van der Waals surface area contributed by atoms with Crippen LogP contribution in [0, 0.1) is 12.3 Å². The first-order valence-electron chi connectivity index (χ1n) is 6.79. The van der Waals surface area contributed by atoms with Crippen molar-refractivity contribution in [2.75, 3.05) is 11.9 Å². The van der Waals surface area contributed by atoms with Crippen LogP contribution in [0.3, 0.4) is 0 Å². The Labute approximate surface area is 133 Å². The van der Waals surface area contributed by atoms with Gasteiger partial charge in [0.1, 0.15) is 0 Å². The Kier molecular flexibility index (Phi) is 5.34. The van der Waals surface area contributed by atoms with Crippen molar-refractivity contribution in [3.63, 3.8) is 0 Å². The van der Waals surface area contributed by atoms with E-state index < -0.39 is 11.8 Å². The van der Waals surface area contributed by atoms with Crippen molar-refractivity contribution in [1.82, 2.24) is 5.32 Å². The maximum absolute atomic E-state index is 11.8. The highest BCUT2D eigenvalue weighted by Crippen LogP contribution is 2.19. The molecule has 0 aliphatic rings. The number of anilines is 1. The molecule has 0 aliphatic heterocycles. The van der Waals surface area contributed by atoms with Gasteiger partial charge >= 0.3 is 11.8 Å². The molecule has 0 aliphatic carbocycles. The van der Waals surface area contributed by atoms with E-state index >= 15 is 0 Å². The van der Waals surface area contributed by atoms with E-state index in [4.69, 9.17) is 6.42 Å². The minimum Gasteiger partial charge on any atom is -0.347 e. The Morgan fingerprint density at radius 3 is 2.77 bits per heavy atom. The van der Waals surface area contributed by atoms with E-state index in [2.05, 4.69) is 16.6 Å². The molecule has 4 nitrogen and oxygen atoms in total. The van der Waals surface area contributed by atoms with E-state index in [0.29, 0.717) is 17.8 Å². The summed E-state index contributed by atoms with van der Waals surface area (Å²) in [5.41, 5.74) is 1.14. The van der Waals surface area contributed by atoms with Gasteiger partial charge in [0.25, 0.3) is 0 Å². The normalized spacial score (nSPS) is 11.3. The van der Waals surface area contributed by atoms with Gasteiger partial charge in [0.15, 0.2) is 0 Å². The predicted molar refractivity (Wildman–Crippen MR) is 88.8 cm³/mol. The first kappa shape index (κ1) is 15.8. The number of carbonyl (C=O) groups excluding carboxylic acids is 2. The standard InChI is InChI=1S/C17H16N2O2S/c1-3-13-6-4-7-14(10-13)19-17(21)16(20)18-11-12(2)15-8-5-9-22-15/h1,4-10,12H,11H2,2H3,(H,18,20)(H,19,21). The largest absolute Gasteiger partial charge is 0.347 e. The SMILES string of the molecule is C#Cc1cccc(NC(=O)C(=O)NCC(C)c2cccs2)c1. The van der Waals surface area contributed by atoms with E-state index in [0.717, 1.165) is 0 Å². The van der Waals surface area contributed by atoms with Gasteiger partial charge in [-0.25, -0.2) is 0 Å². The third kappa shape index (κ3) is 4.21. The minimum atomic E-state index is -0.701. The molecular formula is C17H16N2O2S. The monoisotopic (exact) mass is 312 g/mol. The van der Waals surface area contributed by atoms with Crippen molar-refractivity contribution < 1.29 is 9.59 Å². The third-order valence-electron chi connectivity index (χ3n) is 3.09. The van der Waals surface area contributed by atoms with Crippen LogP contribution in [0.4, 0.5) is 5.69 Å². The van der Waals surface area contributed by atoms with Crippen LogP contribution in [-0.2, 0) is 9.59 Å². The van der Waals surface area contributed by atoms with Crippen molar-refractivity contribution in [3.05, 3.63) is 52.2 Å². The lowest BCUT2D eigenvalue weighted by Gasteiger charge is -2.11. The van der Waals surface area contributed by atoms with Gasteiger partial charge in [-0.2, -0.15) is 0 Å². The van der Waals surface area contributed by atoms with Crippen molar-refractivity contribution >= 4 is 28.8 Å². The predicted octanol–water partition coefficient (Wildman–Crippen LogP) is 2.59. The summed E-state index contributed by atoms with van der Waals surface area (Å²) in [5, 5.41) is 7.15. The van der Waals surface area contributed by atoms with Crippen LogP contribution in [0.25, 0.3) is 0 Å². The number of carbonyl (C=O) groups is 2. The van der Waals surface area contributed by atoms with Gasteiger partial charge < -0.3 is 10.6 Å². The van der Waals surface area contributed by atoms with E-state index in [1.807, 2.05) is 24.4 Å². The number of thiophene rings is 1. The number of terminal acetylenes is 1. The van der Waals surface area contributed by atoms with E-state index in [9.17, 15) is 9.59 Å². The average molecular weight is 312 g/mol. The lowest BCUT2D eigenvalue weighted by molar-refractivity contribution is -0.136. The zero-order valence-corrected chi connectivity index (χ0v) is 12.9. The minimum absolute atomic E-state index is 0.168. The molecule has 0 saturated heterocycles. The van der Waals surface area contributed by atoms with Crippen LogP contribution < -0.4 is 10.6 Å². The van der Waals surface area contributed by atoms with Gasteiger partial charge in [-0.3, -0.25) is 9.59 Å². The molecule has 1 unspecified atom stereocenters. The zero-order valence-electron chi connectivity index (χ0n) is 12.1. The topological polar surface area (TPSA) is 58.2 Å². The molecule has 1 aromatic heterocycles. The van der Waals surface area contributed by atoms with E-state index in [-0.39, 0.29) is 5.92 Å². The summed E-state index contributed by atoms with van der Waals surface area (Å²) in [7, 11) is 0. The highest BCUT2D eigenvalue weighted by atomic mass is 32.1. The quantitative estimate of drug-likeness (QED) is 0.673. The molecule has 0 bridgehead atoms.